The van der Waals surface area contributed by atoms with Gasteiger partial charge in [0.2, 0.25) is 0 Å². The first kappa shape index (κ1) is 16.8. The molecule has 0 aliphatic rings. The first-order valence-corrected chi connectivity index (χ1v) is 7.64. The van der Waals surface area contributed by atoms with Gasteiger partial charge in [-0.25, -0.2) is 4.98 Å². The molecule has 1 aromatic heterocycles. The van der Waals surface area contributed by atoms with Crippen molar-refractivity contribution in [2.24, 2.45) is 0 Å². The minimum absolute atomic E-state index is 0.0175. The van der Waals surface area contributed by atoms with Crippen molar-refractivity contribution in [1.82, 2.24) is 9.88 Å². The van der Waals surface area contributed by atoms with Crippen molar-refractivity contribution in [3.8, 4) is 0 Å². The normalized spacial score (nSPS) is 10.4. The number of halogens is 1. The molecule has 1 rings (SSSR count). The molecule has 112 valence electrons. The largest absolute Gasteiger partial charge is 0.372 e. The van der Waals surface area contributed by atoms with Crippen LogP contribution in [0.4, 0.5) is 5.82 Å². The highest BCUT2D eigenvalue weighted by Gasteiger charge is 2.16. The third-order valence-corrected chi connectivity index (χ3v) is 3.46. The summed E-state index contributed by atoms with van der Waals surface area (Å²) < 4.78 is 0. The standard InChI is InChI=1S/C15H24ClN3O/c1-4-6-8-19(9-7-5-2)15(20)12-10-13(16)14(17-3)18-11-12/h10-11H,4-9H2,1-3H3,(H,17,18). The lowest BCUT2D eigenvalue weighted by atomic mass is 10.2. The summed E-state index contributed by atoms with van der Waals surface area (Å²) in [4.78, 5) is 18.6. The van der Waals surface area contributed by atoms with Crippen LogP contribution in [0.25, 0.3) is 0 Å². The summed E-state index contributed by atoms with van der Waals surface area (Å²) >= 11 is 6.09. The number of hydrogen-bond acceptors (Lipinski definition) is 3. The van der Waals surface area contributed by atoms with Gasteiger partial charge in [-0.2, -0.15) is 0 Å². The molecular formula is C15H24ClN3O. The third kappa shape index (κ3) is 4.67. The number of pyridine rings is 1. The maximum atomic E-state index is 12.5. The summed E-state index contributed by atoms with van der Waals surface area (Å²) in [5.74, 6) is 0.612. The zero-order valence-electron chi connectivity index (χ0n) is 12.6. The van der Waals surface area contributed by atoms with Crippen molar-refractivity contribution < 1.29 is 4.79 Å². The highest BCUT2D eigenvalue weighted by atomic mass is 35.5. The molecule has 1 aromatic rings. The molecule has 5 heteroatoms. The van der Waals surface area contributed by atoms with Crippen molar-refractivity contribution in [2.75, 3.05) is 25.5 Å². The van der Waals surface area contributed by atoms with E-state index >= 15 is 0 Å². The molecule has 4 nitrogen and oxygen atoms in total. The lowest BCUT2D eigenvalue weighted by molar-refractivity contribution is 0.0750. The Labute approximate surface area is 126 Å². The van der Waals surface area contributed by atoms with Crippen LogP contribution in [0.5, 0.6) is 0 Å². The van der Waals surface area contributed by atoms with Crippen LogP contribution in [0, 0.1) is 0 Å². The maximum Gasteiger partial charge on any atom is 0.255 e. The number of nitrogens with zero attached hydrogens (tertiary/aromatic N) is 2. The molecule has 0 aromatic carbocycles. The van der Waals surface area contributed by atoms with Gasteiger partial charge in [0, 0.05) is 26.3 Å². The van der Waals surface area contributed by atoms with Gasteiger partial charge in [-0.15, -0.1) is 0 Å². The Bertz CT molecular complexity index is 429. The van der Waals surface area contributed by atoms with E-state index in [-0.39, 0.29) is 5.91 Å². The third-order valence-electron chi connectivity index (χ3n) is 3.18. The van der Waals surface area contributed by atoms with E-state index in [1.807, 2.05) is 4.90 Å². The molecule has 0 bridgehead atoms. The van der Waals surface area contributed by atoms with Crippen molar-refractivity contribution in [2.45, 2.75) is 39.5 Å². The molecule has 0 spiro atoms. The van der Waals surface area contributed by atoms with E-state index in [0.717, 1.165) is 38.8 Å². The second-order valence-corrected chi connectivity index (χ2v) is 5.21. The van der Waals surface area contributed by atoms with Crippen LogP contribution in [0.1, 0.15) is 49.9 Å². The molecule has 0 aliphatic heterocycles. The molecule has 0 saturated heterocycles. The van der Waals surface area contributed by atoms with Crippen LogP contribution in [-0.4, -0.2) is 35.9 Å². The van der Waals surface area contributed by atoms with Gasteiger partial charge in [-0.05, 0) is 18.9 Å². The number of unbranched alkanes of at least 4 members (excludes halogenated alkanes) is 2. The molecule has 1 heterocycles. The number of carbonyl (C=O) groups excluding carboxylic acids is 1. The maximum absolute atomic E-state index is 12.5. The second-order valence-electron chi connectivity index (χ2n) is 4.80. The Kier molecular flexibility index (Phi) is 7.37. The van der Waals surface area contributed by atoms with E-state index in [9.17, 15) is 4.79 Å². The number of hydrogen-bond donors (Lipinski definition) is 1. The molecule has 1 amide bonds. The first-order valence-electron chi connectivity index (χ1n) is 7.26. The van der Waals surface area contributed by atoms with E-state index in [0.29, 0.717) is 16.4 Å². The Morgan fingerprint density at radius 2 is 1.90 bits per heavy atom. The van der Waals surface area contributed by atoms with E-state index < -0.39 is 0 Å². The van der Waals surface area contributed by atoms with Crippen molar-refractivity contribution in [1.29, 1.82) is 0 Å². The number of anilines is 1. The van der Waals surface area contributed by atoms with Gasteiger partial charge in [0.25, 0.3) is 5.91 Å². The molecule has 0 aliphatic carbocycles. The lowest BCUT2D eigenvalue weighted by Gasteiger charge is -2.22. The molecule has 20 heavy (non-hydrogen) atoms. The van der Waals surface area contributed by atoms with E-state index in [1.165, 1.54) is 0 Å². The Balaban J connectivity index is 2.84. The van der Waals surface area contributed by atoms with Crippen LogP contribution >= 0.6 is 11.6 Å². The summed E-state index contributed by atoms with van der Waals surface area (Å²) in [6, 6.07) is 1.69. The highest BCUT2D eigenvalue weighted by molar-refractivity contribution is 6.33. The van der Waals surface area contributed by atoms with Gasteiger partial charge < -0.3 is 10.2 Å². The molecule has 0 unspecified atom stereocenters. The Hall–Kier alpha value is -1.29. The minimum Gasteiger partial charge on any atom is -0.372 e. The van der Waals surface area contributed by atoms with E-state index in [1.54, 1.807) is 19.3 Å². The summed E-state index contributed by atoms with van der Waals surface area (Å²) in [7, 11) is 1.75. The molecule has 0 fully saturated rings. The average molecular weight is 298 g/mol. The van der Waals surface area contributed by atoms with Crippen LogP contribution in [0.15, 0.2) is 12.3 Å². The molecular weight excluding hydrogens is 274 g/mol. The van der Waals surface area contributed by atoms with Crippen molar-refractivity contribution >= 4 is 23.3 Å². The van der Waals surface area contributed by atoms with Gasteiger partial charge in [-0.3, -0.25) is 4.79 Å². The number of amides is 1. The van der Waals surface area contributed by atoms with E-state index in [2.05, 4.69) is 24.1 Å². The Morgan fingerprint density at radius 3 is 2.35 bits per heavy atom. The summed E-state index contributed by atoms with van der Waals surface area (Å²) in [5, 5.41) is 3.37. The van der Waals surface area contributed by atoms with Crippen LogP contribution < -0.4 is 5.32 Å². The van der Waals surface area contributed by atoms with Crippen molar-refractivity contribution in [3.63, 3.8) is 0 Å². The number of nitrogens with one attached hydrogen (secondary N) is 1. The summed E-state index contributed by atoms with van der Waals surface area (Å²) in [5.41, 5.74) is 0.557. The quantitative estimate of drug-likeness (QED) is 0.793. The lowest BCUT2D eigenvalue weighted by Crippen LogP contribution is -2.33. The van der Waals surface area contributed by atoms with Gasteiger partial charge in [0.15, 0.2) is 0 Å². The number of carbonyl (C=O) groups is 1. The van der Waals surface area contributed by atoms with Gasteiger partial charge in [0.05, 0.1) is 10.6 Å². The first-order chi connectivity index (χ1) is 9.63. The van der Waals surface area contributed by atoms with Crippen LogP contribution in [0.2, 0.25) is 5.02 Å². The van der Waals surface area contributed by atoms with Gasteiger partial charge in [0.1, 0.15) is 5.82 Å². The van der Waals surface area contributed by atoms with E-state index in [4.69, 9.17) is 11.6 Å². The predicted molar refractivity (Wildman–Crippen MR) is 84.5 cm³/mol. The fourth-order valence-corrected chi connectivity index (χ4v) is 2.20. The molecule has 0 atom stereocenters. The van der Waals surface area contributed by atoms with Crippen LogP contribution in [-0.2, 0) is 0 Å². The monoisotopic (exact) mass is 297 g/mol. The van der Waals surface area contributed by atoms with Crippen molar-refractivity contribution in [3.05, 3.63) is 22.8 Å². The zero-order chi connectivity index (χ0) is 15.0. The molecule has 0 saturated carbocycles. The minimum atomic E-state index is 0.0175. The van der Waals surface area contributed by atoms with Gasteiger partial charge in [-0.1, -0.05) is 38.3 Å². The smallest absolute Gasteiger partial charge is 0.255 e. The molecule has 1 N–H and O–H groups in total. The second kappa shape index (κ2) is 8.80. The summed E-state index contributed by atoms with van der Waals surface area (Å²) in [6.45, 7) is 5.84. The zero-order valence-corrected chi connectivity index (χ0v) is 13.3. The number of rotatable bonds is 8. The number of aromatic nitrogens is 1. The van der Waals surface area contributed by atoms with Gasteiger partial charge >= 0.3 is 0 Å². The topological polar surface area (TPSA) is 45.2 Å². The Morgan fingerprint density at radius 1 is 1.30 bits per heavy atom. The average Bonchev–Trinajstić information content (AvgIpc) is 2.46. The molecule has 0 radical (unpaired) electrons. The predicted octanol–water partition coefficient (Wildman–Crippen LogP) is 3.82. The van der Waals surface area contributed by atoms with Crippen LogP contribution in [0.3, 0.4) is 0 Å². The highest BCUT2D eigenvalue weighted by Crippen LogP contribution is 2.20. The SMILES string of the molecule is CCCCN(CCCC)C(=O)c1cnc(NC)c(Cl)c1. The summed E-state index contributed by atoms with van der Waals surface area (Å²) in [6.07, 6.45) is 5.78. The fraction of sp³-hybridized carbons (Fsp3) is 0.600. The fourth-order valence-electron chi connectivity index (χ4n) is 1.93.